The highest BCUT2D eigenvalue weighted by Crippen LogP contribution is 2.29. The molecule has 0 atom stereocenters. The molecule has 170 valence electrons. The Labute approximate surface area is 184 Å². The monoisotopic (exact) mass is 440 g/mol. The van der Waals surface area contributed by atoms with Gasteiger partial charge in [-0.15, -0.1) is 0 Å². The first-order chi connectivity index (χ1) is 15.4. The van der Waals surface area contributed by atoms with Gasteiger partial charge in [0.05, 0.1) is 17.1 Å². The molecule has 9 nitrogen and oxygen atoms in total. The van der Waals surface area contributed by atoms with Crippen molar-refractivity contribution in [2.75, 3.05) is 0 Å². The number of unbranched alkanes of at least 4 members (excludes halogenated alkanes) is 3. The number of aryl methyl sites for hydroxylation is 1. The summed E-state index contributed by atoms with van der Waals surface area (Å²) in [5, 5.41) is 8.68. The fourth-order valence-electron chi connectivity index (χ4n) is 4.23. The lowest BCUT2D eigenvalue weighted by Crippen LogP contribution is -2.35. The molecule has 2 heterocycles. The molecule has 0 bridgehead atoms. The average molecular weight is 441 g/mol. The number of hydrogen-bond donors (Lipinski definition) is 2. The average Bonchev–Trinajstić information content (AvgIpc) is 3.25. The third kappa shape index (κ3) is 4.81. The van der Waals surface area contributed by atoms with Crippen molar-refractivity contribution in [2.24, 2.45) is 0 Å². The van der Waals surface area contributed by atoms with Crippen LogP contribution in [0.3, 0.4) is 0 Å². The van der Waals surface area contributed by atoms with E-state index in [4.69, 9.17) is 9.84 Å². The number of nitrogens with one attached hydrogen (secondary N) is 1. The minimum absolute atomic E-state index is 0.131. The van der Waals surface area contributed by atoms with Gasteiger partial charge in [0.1, 0.15) is 5.75 Å². The number of aromatic amines is 1. The Morgan fingerprint density at radius 1 is 1.12 bits per heavy atom. The van der Waals surface area contributed by atoms with Gasteiger partial charge in [-0.05, 0) is 57.1 Å². The molecule has 1 aromatic carbocycles. The van der Waals surface area contributed by atoms with Gasteiger partial charge in [0, 0.05) is 19.0 Å². The number of aromatic nitrogens is 4. The predicted octanol–water partition coefficient (Wildman–Crippen LogP) is 3.30. The molecule has 0 unspecified atom stereocenters. The molecular weight excluding hydrogens is 412 g/mol. The number of benzene rings is 1. The number of rotatable bonds is 9. The number of carboxylic acids is 1. The zero-order chi connectivity index (χ0) is 22.7. The van der Waals surface area contributed by atoms with Gasteiger partial charge in [-0.2, -0.15) is 0 Å². The highest BCUT2D eigenvalue weighted by molar-refractivity contribution is 5.85. The molecule has 4 rings (SSSR count). The van der Waals surface area contributed by atoms with Gasteiger partial charge in [-0.1, -0.05) is 12.8 Å². The lowest BCUT2D eigenvalue weighted by atomic mass is 10.1. The molecule has 1 saturated carbocycles. The normalized spacial score (nSPS) is 14.4. The first-order valence-corrected chi connectivity index (χ1v) is 11.3. The molecule has 1 aliphatic rings. The zero-order valence-corrected chi connectivity index (χ0v) is 18.2. The molecule has 1 fully saturated rings. The summed E-state index contributed by atoms with van der Waals surface area (Å²) >= 11 is 0. The minimum atomic E-state index is -0.814. The molecule has 0 spiro atoms. The second-order valence-corrected chi connectivity index (χ2v) is 8.50. The van der Waals surface area contributed by atoms with Crippen molar-refractivity contribution in [3.05, 3.63) is 38.5 Å². The molecule has 9 heteroatoms. The van der Waals surface area contributed by atoms with Crippen LogP contribution in [0, 0.1) is 6.92 Å². The number of fused-ring (bicyclic) bond motifs is 2. The maximum Gasteiger partial charge on any atom is 0.330 e. The van der Waals surface area contributed by atoms with E-state index in [1.165, 1.54) is 12.8 Å². The second kappa shape index (κ2) is 9.50. The summed E-state index contributed by atoms with van der Waals surface area (Å²) in [6, 6.07) is 3.69. The van der Waals surface area contributed by atoms with E-state index in [9.17, 15) is 14.4 Å². The molecule has 0 radical (unpaired) electrons. The fourth-order valence-corrected chi connectivity index (χ4v) is 4.23. The van der Waals surface area contributed by atoms with E-state index in [-0.39, 0.29) is 30.2 Å². The smallest absolute Gasteiger partial charge is 0.330 e. The van der Waals surface area contributed by atoms with E-state index < -0.39 is 17.2 Å². The zero-order valence-electron chi connectivity index (χ0n) is 18.2. The number of ether oxygens (including phenoxy) is 1. The number of H-pyrrole nitrogens is 1. The first-order valence-electron chi connectivity index (χ1n) is 11.3. The van der Waals surface area contributed by atoms with Crippen molar-refractivity contribution in [2.45, 2.75) is 77.4 Å². The van der Waals surface area contributed by atoms with E-state index in [1.54, 1.807) is 0 Å². The fraction of sp³-hybridized carbons (Fsp3) is 0.522. The van der Waals surface area contributed by atoms with Crippen LogP contribution in [0.1, 0.15) is 63.4 Å². The Morgan fingerprint density at radius 3 is 2.59 bits per heavy atom. The molecule has 3 aromatic rings. The van der Waals surface area contributed by atoms with Crippen molar-refractivity contribution >= 4 is 28.2 Å². The highest BCUT2D eigenvalue weighted by atomic mass is 16.5. The molecule has 32 heavy (non-hydrogen) atoms. The van der Waals surface area contributed by atoms with Crippen molar-refractivity contribution < 1.29 is 14.6 Å². The van der Waals surface area contributed by atoms with Gasteiger partial charge >= 0.3 is 11.7 Å². The van der Waals surface area contributed by atoms with Crippen LogP contribution in [0.25, 0.3) is 22.2 Å². The van der Waals surface area contributed by atoms with Crippen LogP contribution in [0.2, 0.25) is 0 Å². The van der Waals surface area contributed by atoms with Gasteiger partial charge < -0.3 is 9.84 Å². The van der Waals surface area contributed by atoms with E-state index in [2.05, 4.69) is 15.0 Å². The van der Waals surface area contributed by atoms with E-state index >= 15 is 0 Å². The number of hydrogen-bond acceptors (Lipinski definition) is 6. The number of nitrogens with zero attached hydrogens (tertiary/aromatic N) is 3. The molecule has 0 amide bonds. The molecular formula is C23H28N4O5. The lowest BCUT2D eigenvalue weighted by Gasteiger charge is -2.15. The summed E-state index contributed by atoms with van der Waals surface area (Å²) in [6.07, 6.45) is 7.47. The Bertz CT molecular complexity index is 1260. The van der Waals surface area contributed by atoms with Gasteiger partial charge in [-0.25, -0.2) is 14.8 Å². The maximum atomic E-state index is 12.9. The molecule has 0 aliphatic heterocycles. The number of aliphatic carboxylic acids is 1. The molecule has 1 aliphatic carbocycles. The highest BCUT2D eigenvalue weighted by Gasteiger charge is 2.18. The topological polar surface area (TPSA) is 127 Å². The van der Waals surface area contributed by atoms with Crippen LogP contribution >= 0.6 is 0 Å². The van der Waals surface area contributed by atoms with Gasteiger partial charge in [0.2, 0.25) is 0 Å². The van der Waals surface area contributed by atoms with E-state index in [0.717, 1.165) is 41.6 Å². The SMILES string of the molecule is Cc1cc2nc3c(=O)n(CCCCCCC(=O)O)c(=O)[nH]c3nc2cc1OC1CCCC1. The molecule has 2 N–H and O–H groups in total. The Hall–Kier alpha value is -3.23. The summed E-state index contributed by atoms with van der Waals surface area (Å²) < 4.78 is 7.28. The van der Waals surface area contributed by atoms with Crippen molar-refractivity contribution in [1.82, 2.24) is 19.5 Å². The van der Waals surface area contributed by atoms with E-state index in [0.29, 0.717) is 23.9 Å². The summed E-state index contributed by atoms with van der Waals surface area (Å²) in [6.45, 7) is 2.20. The van der Waals surface area contributed by atoms with Crippen LogP contribution in [0.15, 0.2) is 21.7 Å². The number of carboxylic acid groups (broad SMARTS) is 1. The van der Waals surface area contributed by atoms with Gasteiger partial charge in [-0.3, -0.25) is 19.1 Å². The summed E-state index contributed by atoms with van der Waals surface area (Å²) in [7, 11) is 0. The van der Waals surface area contributed by atoms with Crippen molar-refractivity contribution in [1.29, 1.82) is 0 Å². The maximum absolute atomic E-state index is 12.9. The standard InChI is InChI=1S/C23H28N4O5/c1-14-12-16-17(13-18(14)32-15-8-5-6-9-15)25-21-20(24-16)22(30)27(23(31)26-21)11-7-3-2-4-10-19(28)29/h12-13,15H,2-11H2,1H3,(H,28,29)(H,25,26,31). The van der Waals surface area contributed by atoms with Crippen LogP contribution in [0.4, 0.5) is 0 Å². The summed E-state index contributed by atoms with van der Waals surface area (Å²) in [5.41, 5.74) is 1.40. The van der Waals surface area contributed by atoms with Gasteiger partial charge in [0.25, 0.3) is 5.56 Å². The first kappa shape index (κ1) is 22.0. The quantitative estimate of drug-likeness (QED) is 0.386. The largest absolute Gasteiger partial charge is 0.490 e. The van der Waals surface area contributed by atoms with Crippen LogP contribution in [-0.4, -0.2) is 36.7 Å². The van der Waals surface area contributed by atoms with Crippen LogP contribution in [0.5, 0.6) is 5.75 Å². The summed E-state index contributed by atoms with van der Waals surface area (Å²) in [4.78, 5) is 47.6. The minimum Gasteiger partial charge on any atom is -0.490 e. The molecule has 2 aromatic heterocycles. The van der Waals surface area contributed by atoms with Crippen molar-refractivity contribution in [3.63, 3.8) is 0 Å². The van der Waals surface area contributed by atoms with E-state index in [1.807, 2.05) is 19.1 Å². The van der Waals surface area contributed by atoms with Gasteiger partial charge in [0.15, 0.2) is 11.2 Å². The van der Waals surface area contributed by atoms with Crippen molar-refractivity contribution in [3.8, 4) is 5.75 Å². The summed E-state index contributed by atoms with van der Waals surface area (Å²) in [5.74, 6) is -0.0536. The Balaban J connectivity index is 1.58. The predicted molar refractivity (Wildman–Crippen MR) is 120 cm³/mol. The Kier molecular flexibility index (Phi) is 6.53. The Morgan fingerprint density at radius 2 is 1.84 bits per heavy atom. The van der Waals surface area contributed by atoms with Crippen LogP contribution in [-0.2, 0) is 11.3 Å². The number of carbonyl (C=O) groups is 1. The third-order valence-electron chi connectivity index (χ3n) is 6.00. The molecule has 0 saturated heterocycles. The lowest BCUT2D eigenvalue weighted by molar-refractivity contribution is -0.137. The third-order valence-corrected chi connectivity index (χ3v) is 6.00. The second-order valence-electron chi connectivity index (χ2n) is 8.50. The van der Waals surface area contributed by atoms with Crippen LogP contribution < -0.4 is 16.0 Å².